The molecule has 0 aliphatic heterocycles. The Morgan fingerprint density at radius 2 is 2.12 bits per heavy atom. The standard InChI is InChI=1S/C12H15ClN2O/c1-12(2,16)7-15-4-3-9-10(14)5-8(13)6-11(9)15/h3-6,16H,7,14H2,1-2H3. The zero-order chi connectivity index (χ0) is 11.9. The molecular weight excluding hydrogens is 224 g/mol. The maximum Gasteiger partial charge on any atom is 0.0769 e. The van der Waals surface area contributed by atoms with Crippen LogP contribution in [0.1, 0.15) is 13.8 Å². The Morgan fingerprint density at radius 3 is 2.75 bits per heavy atom. The number of nitrogens with zero attached hydrogens (tertiary/aromatic N) is 1. The van der Waals surface area contributed by atoms with Crippen LogP contribution >= 0.6 is 11.6 Å². The highest BCUT2D eigenvalue weighted by atomic mass is 35.5. The van der Waals surface area contributed by atoms with Crippen LogP contribution in [0.3, 0.4) is 0 Å². The fourth-order valence-corrected chi connectivity index (χ4v) is 2.06. The van der Waals surface area contributed by atoms with E-state index in [9.17, 15) is 5.11 Å². The minimum atomic E-state index is -0.761. The van der Waals surface area contributed by atoms with Crippen LogP contribution in [-0.4, -0.2) is 15.3 Å². The summed E-state index contributed by atoms with van der Waals surface area (Å²) in [7, 11) is 0. The Balaban J connectivity index is 2.56. The van der Waals surface area contributed by atoms with E-state index in [1.807, 2.05) is 22.9 Å². The largest absolute Gasteiger partial charge is 0.398 e. The number of anilines is 1. The summed E-state index contributed by atoms with van der Waals surface area (Å²) in [6.45, 7) is 4.05. The number of nitrogen functional groups attached to an aromatic ring is 1. The van der Waals surface area contributed by atoms with Gasteiger partial charge in [-0.25, -0.2) is 0 Å². The van der Waals surface area contributed by atoms with Crippen molar-refractivity contribution >= 4 is 28.2 Å². The third kappa shape index (κ3) is 2.15. The lowest BCUT2D eigenvalue weighted by molar-refractivity contribution is 0.0628. The molecule has 4 heteroatoms. The SMILES string of the molecule is CC(C)(O)Cn1ccc2c(N)cc(Cl)cc21. The number of fused-ring (bicyclic) bond motifs is 1. The van der Waals surface area contributed by atoms with Crippen molar-refractivity contribution in [1.29, 1.82) is 0 Å². The summed E-state index contributed by atoms with van der Waals surface area (Å²) in [5, 5.41) is 11.4. The predicted octanol–water partition coefficient (Wildman–Crippen LogP) is 2.65. The van der Waals surface area contributed by atoms with E-state index >= 15 is 0 Å². The molecule has 0 fully saturated rings. The molecule has 0 saturated carbocycles. The lowest BCUT2D eigenvalue weighted by Gasteiger charge is -2.18. The summed E-state index contributed by atoms with van der Waals surface area (Å²) in [5.41, 5.74) is 6.73. The second-order valence-corrected chi connectivity index (χ2v) is 5.12. The molecule has 0 aliphatic carbocycles. The molecule has 1 aromatic heterocycles. The fraction of sp³-hybridized carbons (Fsp3) is 0.333. The molecular formula is C12H15ClN2O. The van der Waals surface area contributed by atoms with E-state index < -0.39 is 5.60 Å². The van der Waals surface area contributed by atoms with Crippen molar-refractivity contribution in [2.24, 2.45) is 0 Å². The van der Waals surface area contributed by atoms with Crippen molar-refractivity contribution < 1.29 is 5.11 Å². The lowest BCUT2D eigenvalue weighted by Crippen LogP contribution is -2.25. The summed E-state index contributed by atoms with van der Waals surface area (Å²) in [4.78, 5) is 0. The first-order chi connectivity index (χ1) is 7.37. The maximum atomic E-state index is 9.80. The average Bonchev–Trinajstić information content (AvgIpc) is 2.46. The van der Waals surface area contributed by atoms with Gasteiger partial charge in [-0.05, 0) is 32.0 Å². The first kappa shape index (κ1) is 11.3. The van der Waals surface area contributed by atoms with Crippen LogP contribution in [-0.2, 0) is 6.54 Å². The normalized spacial score (nSPS) is 12.2. The van der Waals surface area contributed by atoms with Gasteiger partial charge in [-0.3, -0.25) is 0 Å². The van der Waals surface area contributed by atoms with E-state index in [2.05, 4.69) is 0 Å². The highest BCUT2D eigenvalue weighted by molar-refractivity contribution is 6.31. The summed E-state index contributed by atoms with van der Waals surface area (Å²) in [6, 6.07) is 5.53. The van der Waals surface area contributed by atoms with Crippen molar-refractivity contribution in [3.8, 4) is 0 Å². The number of rotatable bonds is 2. The van der Waals surface area contributed by atoms with Crippen LogP contribution in [0.25, 0.3) is 10.9 Å². The van der Waals surface area contributed by atoms with Crippen molar-refractivity contribution in [3.05, 3.63) is 29.4 Å². The smallest absolute Gasteiger partial charge is 0.0769 e. The van der Waals surface area contributed by atoms with Crippen LogP contribution in [0.2, 0.25) is 5.02 Å². The number of hydrogen-bond donors (Lipinski definition) is 2. The third-order valence-corrected chi connectivity index (χ3v) is 2.66. The van der Waals surface area contributed by atoms with Gasteiger partial charge in [0.05, 0.1) is 17.7 Å². The number of hydrogen-bond acceptors (Lipinski definition) is 2. The molecule has 0 spiro atoms. The third-order valence-electron chi connectivity index (χ3n) is 2.44. The highest BCUT2D eigenvalue weighted by Crippen LogP contribution is 2.27. The number of benzene rings is 1. The molecule has 0 radical (unpaired) electrons. The Kier molecular flexibility index (Phi) is 2.60. The van der Waals surface area contributed by atoms with Crippen LogP contribution in [0.5, 0.6) is 0 Å². The van der Waals surface area contributed by atoms with Gasteiger partial charge in [-0.15, -0.1) is 0 Å². The van der Waals surface area contributed by atoms with Gasteiger partial charge in [-0.1, -0.05) is 11.6 Å². The van der Waals surface area contributed by atoms with Gasteiger partial charge in [-0.2, -0.15) is 0 Å². The minimum Gasteiger partial charge on any atom is -0.398 e. The summed E-state index contributed by atoms with van der Waals surface area (Å²) in [5.74, 6) is 0. The number of halogens is 1. The molecule has 1 aromatic carbocycles. The monoisotopic (exact) mass is 238 g/mol. The number of aromatic nitrogens is 1. The molecule has 0 bridgehead atoms. The van der Waals surface area contributed by atoms with Crippen LogP contribution in [0.4, 0.5) is 5.69 Å². The molecule has 16 heavy (non-hydrogen) atoms. The average molecular weight is 239 g/mol. The lowest BCUT2D eigenvalue weighted by atomic mass is 10.1. The fourth-order valence-electron chi connectivity index (χ4n) is 1.84. The van der Waals surface area contributed by atoms with E-state index in [1.54, 1.807) is 19.9 Å². The molecule has 3 nitrogen and oxygen atoms in total. The second kappa shape index (κ2) is 3.68. The van der Waals surface area contributed by atoms with Gasteiger partial charge >= 0.3 is 0 Å². The minimum absolute atomic E-state index is 0.510. The van der Waals surface area contributed by atoms with Gasteiger partial charge in [0.1, 0.15) is 0 Å². The first-order valence-electron chi connectivity index (χ1n) is 5.13. The Bertz CT molecular complexity index is 526. The van der Waals surface area contributed by atoms with Crippen molar-refractivity contribution in [3.63, 3.8) is 0 Å². The van der Waals surface area contributed by atoms with E-state index in [0.717, 1.165) is 10.9 Å². The van der Waals surface area contributed by atoms with E-state index in [0.29, 0.717) is 17.3 Å². The summed E-state index contributed by atoms with van der Waals surface area (Å²) < 4.78 is 1.96. The number of nitrogens with two attached hydrogens (primary N) is 1. The summed E-state index contributed by atoms with van der Waals surface area (Å²) in [6.07, 6.45) is 1.91. The van der Waals surface area contributed by atoms with Crippen molar-refractivity contribution in [1.82, 2.24) is 4.57 Å². The van der Waals surface area contributed by atoms with Gasteiger partial charge in [0.2, 0.25) is 0 Å². The zero-order valence-corrected chi connectivity index (χ0v) is 10.1. The molecule has 0 amide bonds. The molecule has 86 valence electrons. The Hall–Kier alpha value is -1.19. The van der Waals surface area contributed by atoms with Crippen LogP contribution in [0.15, 0.2) is 24.4 Å². The van der Waals surface area contributed by atoms with Crippen molar-refractivity contribution in [2.45, 2.75) is 26.0 Å². The van der Waals surface area contributed by atoms with E-state index in [1.165, 1.54) is 0 Å². The highest BCUT2D eigenvalue weighted by Gasteiger charge is 2.15. The van der Waals surface area contributed by atoms with E-state index in [-0.39, 0.29) is 0 Å². The van der Waals surface area contributed by atoms with Crippen molar-refractivity contribution in [2.75, 3.05) is 5.73 Å². The van der Waals surface area contributed by atoms with Gasteiger partial charge in [0.25, 0.3) is 0 Å². The van der Waals surface area contributed by atoms with Crippen LogP contribution in [0, 0.1) is 0 Å². The van der Waals surface area contributed by atoms with Gasteiger partial charge in [0, 0.05) is 22.3 Å². The first-order valence-corrected chi connectivity index (χ1v) is 5.51. The zero-order valence-electron chi connectivity index (χ0n) is 9.37. The van der Waals surface area contributed by atoms with E-state index in [4.69, 9.17) is 17.3 Å². The predicted molar refractivity (Wildman–Crippen MR) is 67.7 cm³/mol. The van der Waals surface area contributed by atoms with Crippen LogP contribution < -0.4 is 5.73 Å². The molecule has 0 atom stereocenters. The molecule has 2 rings (SSSR count). The topological polar surface area (TPSA) is 51.2 Å². The second-order valence-electron chi connectivity index (χ2n) is 4.68. The molecule has 1 heterocycles. The number of aliphatic hydroxyl groups is 1. The molecule has 3 N–H and O–H groups in total. The molecule has 0 unspecified atom stereocenters. The Morgan fingerprint density at radius 1 is 1.44 bits per heavy atom. The van der Waals surface area contributed by atoms with Gasteiger partial charge < -0.3 is 15.4 Å². The summed E-state index contributed by atoms with van der Waals surface area (Å²) >= 11 is 5.97. The quantitative estimate of drug-likeness (QED) is 0.791. The molecule has 2 aromatic rings. The molecule has 0 aliphatic rings. The van der Waals surface area contributed by atoms with Gasteiger partial charge in [0.15, 0.2) is 0 Å². The maximum absolute atomic E-state index is 9.80. The molecule has 0 saturated heterocycles. The Labute approximate surface area is 99.4 Å².